The van der Waals surface area contributed by atoms with Crippen LogP contribution in [0.4, 0.5) is 4.39 Å². The fourth-order valence-electron chi connectivity index (χ4n) is 2.71. The third-order valence-electron chi connectivity index (χ3n) is 3.72. The van der Waals surface area contributed by atoms with E-state index in [2.05, 4.69) is 15.1 Å². The van der Waals surface area contributed by atoms with Crippen LogP contribution in [-0.4, -0.2) is 24.1 Å². The molecule has 5 nitrogen and oxygen atoms in total. The van der Waals surface area contributed by atoms with Crippen LogP contribution in [0.5, 0.6) is 0 Å². The molecule has 0 spiro atoms. The summed E-state index contributed by atoms with van der Waals surface area (Å²) in [7, 11) is 1.83. The number of nitrogens with zero attached hydrogens (tertiary/aromatic N) is 5. The molecule has 0 fully saturated rings. The molecule has 0 radical (unpaired) electrons. The zero-order valence-corrected chi connectivity index (χ0v) is 12.7. The molecule has 4 aromatic rings. The molecule has 6 heteroatoms. The molecular weight excluding hydrogens is 293 g/mol. The number of hydrogen-bond acceptors (Lipinski definition) is 3. The van der Waals surface area contributed by atoms with Crippen molar-refractivity contribution in [3.05, 3.63) is 60.7 Å². The smallest absolute Gasteiger partial charge is 0.142 e. The Labute approximate surface area is 132 Å². The minimum absolute atomic E-state index is 0.370. The molecule has 4 aromatic heterocycles. The second-order valence-corrected chi connectivity index (χ2v) is 5.52. The number of aryl methyl sites for hydroxylation is 2. The molecule has 0 bridgehead atoms. The number of imidazole rings is 1. The van der Waals surface area contributed by atoms with Crippen molar-refractivity contribution in [1.29, 1.82) is 0 Å². The number of rotatable bonds is 2. The summed E-state index contributed by atoms with van der Waals surface area (Å²) in [5.74, 6) is -0.370. The van der Waals surface area contributed by atoms with Crippen LogP contribution in [0.15, 0.2) is 49.2 Å². The highest BCUT2D eigenvalue weighted by molar-refractivity contribution is 5.81. The molecule has 0 aliphatic rings. The summed E-state index contributed by atoms with van der Waals surface area (Å²) in [6.45, 7) is 1.95. The standard InChI is InChI=1S/C17H14FN5/c1-11-9-23-4-3-12(5-16(23)21-11)17-15(6-14(18)8-19-17)13-7-20-22(2)10-13/h3-10H,1-2H3. The van der Waals surface area contributed by atoms with Gasteiger partial charge in [0.2, 0.25) is 0 Å². The lowest BCUT2D eigenvalue weighted by atomic mass is 10.0. The fraction of sp³-hybridized carbons (Fsp3) is 0.118. The third-order valence-corrected chi connectivity index (χ3v) is 3.72. The first-order chi connectivity index (χ1) is 11.1. The third kappa shape index (κ3) is 2.38. The van der Waals surface area contributed by atoms with E-state index >= 15 is 0 Å². The van der Waals surface area contributed by atoms with Gasteiger partial charge in [0, 0.05) is 42.3 Å². The highest BCUT2D eigenvalue weighted by atomic mass is 19.1. The summed E-state index contributed by atoms with van der Waals surface area (Å²) in [5.41, 5.74) is 4.93. The minimum Gasteiger partial charge on any atom is -0.307 e. The Morgan fingerprint density at radius 1 is 1.09 bits per heavy atom. The van der Waals surface area contributed by atoms with Gasteiger partial charge in [0.15, 0.2) is 0 Å². The number of halogens is 1. The molecule has 0 N–H and O–H groups in total. The van der Waals surface area contributed by atoms with Gasteiger partial charge in [0.1, 0.15) is 11.5 Å². The van der Waals surface area contributed by atoms with Gasteiger partial charge in [-0.2, -0.15) is 5.10 Å². The lowest BCUT2D eigenvalue weighted by Crippen LogP contribution is -1.92. The summed E-state index contributed by atoms with van der Waals surface area (Å²) in [5, 5.41) is 4.16. The molecule has 0 saturated heterocycles. The maximum atomic E-state index is 13.7. The average Bonchev–Trinajstić information content (AvgIpc) is 3.11. The molecule has 23 heavy (non-hydrogen) atoms. The first-order valence-corrected chi connectivity index (χ1v) is 7.20. The lowest BCUT2D eigenvalue weighted by molar-refractivity contribution is 0.622. The van der Waals surface area contributed by atoms with Crippen LogP contribution in [0.1, 0.15) is 5.69 Å². The second-order valence-electron chi connectivity index (χ2n) is 5.52. The summed E-state index contributed by atoms with van der Waals surface area (Å²) >= 11 is 0. The van der Waals surface area contributed by atoms with Crippen molar-refractivity contribution < 1.29 is 4.39 Å². The maximum Gasteiger partial charge on any atom is 0.142 e. The second kappa shape index (κ2) is 5.01. The van der Waals surface area contributed by atoms with Gasteiger partial charge in [-0.1, -0.05) is 0 Å². The van der Waals surface area contributed by atoms with E-state index in [4.69, 9.17) is 0 Å². The first-order valence-electron chi connectivity index (χ1n) is 7.20. The zero-order valence-electron chi connectivity index (χ0n) is 12.7. The van der Waals surface area contributed by atoms with E-state index < -0.39 is 0 Å². The van der Waals surface area contributed by atoms with E-state index in [0.717, 1.165) is 22.5 Å². The summed E-state index contributed by atoms with van der Waals surface area (Å²) in [6.07, 6.45) is 8.68. The Morgan fingerprint density at radius 3 is 2.74 bits per heavy atom. The zero-order chi connectivity index (χ0) is 16.0. The molecule has 0 amide bonds. The van der Waals surface area contributed by atoms with Crippen LogP contribution in [-0.2, 0) is 7.05 Å². The Balaban J connectivity index is 1.93. The molecule has 4 heterocycles. The topological polar surface area (TPSA) is 48.0 Å². The summed E-state index contributed by atoms with van der Waals surface area (Å²) < 4.78 is 17.3. The summed E-state index contributed by atoms with van der Waals surface area (Å²) in [4.78, 5) is 8.77. The fourth-order valence-corrected chi connectivity index (χ4v) is 2.71. The van der Waals surface area contributed by atoms with Gasteiger partial charge in [-0.25, -0.2) is 9.37 Å². The van der Waals surface area contributed by atoms with Crippen LogP contribution in [0.25, 0.3) is 28.0 Å². The molecule has 0 aliphatic carbocycles. The van der Waals surface area contributed by atoms with E-state index in [1.807, 2.05) is 49.1 Å². The van der Waals surface area contributed by atoms with Gasteiger partial charge in [0.25, 0.3) is 0 Å². The lowest BCUT2D eigenvalue weighted by Gasteiger charge is -2.08. The number of fused-ring (bicyclic) bond motifs is 1. The van der Waals surface area contributed by atoms with Crippen molar-refractivity contribution >= 4 is 5.65 Å². The highest BCUT2D eigenvalue weighted by Gasteiger charge is 2.13. The van der Waals surface area contributed by atoms with E-state index in [-0.39, 0.29) is 5.82 Å². The van der Waals surface area contributed by atoms with E-state index in [0.29, 0.717) is 11.3 Å². The van der Waals surface area contributed by atoms with Gasteiger partial charge in [-0.15, -0.1) is 0 Å². The predicted molar refractivity (Wildman–Crippen MR) is 85.3 cm³/mol. The number of aromatic nitrogens is 5. The maximum absolute atomic E-state index is 13.7. The number of hydrogen-bond donors (Lipinski definition) is 0. The molecule has 0 saturated carbocycles. The predicted octanol–water partition coefficient (Wildman–Crippen LogP) is 3.24. The SMILES string of the molecule is Cc1cn2ccc(-c3ncc(F)cc3-c3cnn(C)c3)cc2n1. The van der Waals surface area contributed by atoms with Gasteiger partial charge in [-0.3, -0.25) is 9.67 Å². The van der Waals surface area contributed by atoms with Crippen molar-refractivity contribution in [2.75, 3.05) is 0 Å². The van der Waals surface area contributed by atoms with Crippen LogP contribution >= 0.6 is 0 Å². The van der Waals surface area contributed by atoms with E-state index in [9.17, 15) is 4.39 Å². The van der Waals surface area contributed by atoms with E-state index in [1.165, 1.54) is 12.3 Å². The Kier molecular flexibility index (Phi) is 2.97. The average molecular weight is 307 g/mol. The van der Waals surface area contributed by atoms with Crippen molar-refractivity contribution in [3.8, 4) is 22.4 Å². The molecule has 114 valence electrons. The van der Waals surface area contributed by atoms with Crippen LogP contribution in [0.2, 0.25) is 0 Å². The monoisotopic (exact) mass is 307 g/mol. The molecule has 4 rings (SSSR count). The largest absolute Gasteiger partial charge is 0.307 e. The number of pyridine rings is 2. The Morgan fingerprint density at radius 2 is 1.96 bits per heavy atom. The molecule has 0 aliphatic heterocycles. The van der Waals surface area contributed by atoms with Crippen molar-refractivity contribution in [3.63, 3.8) is 0 Å². The van der Waals surface area contributed by atoms with Crippen molar-refractivity contribution in [2.45, 2.75) is 6.92 Å². The first kappa shape index (κ1) is 13.6. The minimum atomic E-state index is -0.370. The Hall–Kier alpha value is -3.02. The van der Waals surface area contributed by atoms with Crippen LogP contribution < -0.4 is 0 Å². The van der Waals surface area contributed by atoms with Gasteiger partial charge < -0.3 is 4.40 Å². The highest BCUT2D eigenvalue weighted by Crippen LogP contribution is 2.31. The van der Waals surface area contributed by atoms with Crippen LogP contribution in [0, 0.1) is 12.7 Å². The molecule has 0 unspecified atom stereocenters. The Bertz CT molecular complexity index is 1010. The normalized spacial score (nSPS) is 11.3. The van der Waals surface area contributed by atoms with Crippen molar-refractivity contribution in [2.24, 2.45) is 7.05 Å². The van der Waals surface area contributed by atoms with Crippen LogP contribution in [0.3, 0.4) is 0 Å². The molecular formula is C17H14FN5. The molecule has 0 atom stereocenters. The van der Waals surface area contributed by atoms with Gasteiger partial charge >= 0.3 is 0 Å². The summed E-state index contributed by atoms with van der Waals surface area (Å²) in [6, 6.07) is 5.39. The quantitative estimate of drug-likeness (QED) is 0.571. The van der Waals surface area contributed by atoms with Gasteiger partial charge in [-0.05, 0) is 25.1 Å². The molecule has 0 aromatic carbocycles. The van der Waals surface area contributed by atoms with Gasteiger partial charge in [0.05, 0.1) is 23.8 Å². The van der Waals surface area contributed by atoms with Crippen molar-refractivity contribution in [1.82, 2.24) is 24.1 Å². The van der Waals surface area contributed by atoms with E-state index in [1.54, 1.807) is 10.9 Å².